The zero-order valence-electron chi connectivity index (χ0n) is 12.8. The topological polar surface area (TPSA) is 83.3 Å². The number of hydrogen-bond donors (Lipinski definition) is 2. The van der Waals surface area contributed by atoms with Gasteiger partial charge >= 0.3 is 5.97 Å². The van der Waals surface area contributed by atoms with Crippen LogP contribution >= 0.6 is 0 Å². The van der Waals surface area contributed by atoms with Crippen molar-refractivity contribution in [3.63, 3.8) is 0 Å². The van der Waals surface area contributed by atoms with Crippen LogP contribution in [0.2, 0.25) is 0 Å². The fraction of sp³-hybridized carbons (Fsp3) is 0.353. The Morgan fingerprint density at radius 1 is 1.32 bits per heavy atom. The summed E-state index contributed by atoms with van der Waals surface area (Å²) in [5, 5.41) is 19.6. The van der Waals surface area contributed by atoms with E-state index in [2.05, 4.69) is 23.8 Å². The SMILES string of the molecule is Cc1nc(-c2ccc3c(c2O)CCC3(C)C)ncc1C(=O)O. The normalized spacial score (nSPS) is 15.6. The van der Waals surface area contributed by atoms with Crippen LogP contribution in [0.3, 0.4) is 0 Å². The minimum atomic E-state index is -1.05. The standard InChI is InChI=1S/C17H18N2O3/c1-9-12(16(21)22)8-18-15(19-9)11-4-5-13-10(14(11)20)6-7-17(13,2)3/h4-5,8,20H,6-7H2,1-3H3,(H,21,22). The van der Waals surface area contributed by atoms with Gasteiger partial charge in [0.1, 0.15) is 5.75 Å². The average Bonchev–Trinajstić information content (AvgIpc) is 2.75. The van der Waals surface area contributed by atoms with Crippen LogP contribution in [0.5, 0.6) is 5.75 Å². The fourth-order valence-corrected chi connectivity index (χ4v) is 3.08. The van der Waals surface area contributed by atoms with Gasteiger partial charge in [-0.25, -0.2) is 14.8 Å². The lowest BCUT2D eigenvalue weighted by atomic mass is 9.86. The molecule has 5 heteroatoms. The number of benzene rings is 1. The van der Waals surface area contributed by atoms with Crippen molar-refractivity contribution >= 4 is 5.97 Å². The molecule has 0 fully saturated rings. The Morgan fingerprint density at radius 3 is 2.68 bits per heavy atom. The van der Waals surface area contributed by atoms with E-state index in [-0.39, 0.29) is 16.7 Å². The third-order valence-corrected chi connectivity index (χ3v) is 4.46. The van der Waals surface area contributed by atoms with Crippen molar-refractivity contribution in [3.8, 4) is 17.1 Å². The molecule has 0 saturated carbocycles. The highest BCUT2D eigenvalue weighted by Crippen LogP contribution is 2.45. The largest absolute Gasteiger partial charge is 0.507 e. The monoisotopic (exact) mass is 298 g/mol. The molecule has 1 aromatic heterocycles. The van der Waals surface area contributed by atoms with Crippen molar-refractivity contribution in [2.45, 2.75) is 39.0 Å². The second kappa shape index (κ2) is 4.80. The number of carboxylic acids is 1. The number of aryl methyl sites for hydroxylation is 1. The van der Waals surface area contributed by atoms with Crippen molar-refractivity contribution in [1.29, 1.82) is 0 Å². The first-order chi connectivity index (χ1) is 10.3. The summed E-state index contributed by atoms with van der Waals surface area (Å²) < 4.78 is 0. The van der Waals surface area contributed by atoms with Crippen molar-refractivity contribution in [3.05, 3.63) is 40.7 Å². The van der Waals surface area contributed by atoms with E-state index in [9.17, 15) is 9.90 Å². The summed E-state index contributed by atoms with van der Waals surface area (Å²) in [6.45, 7) is 5.96. The zero-order chi connectivity index (χ0) is 16.1. The fourth-order valence-electron chi connectivity index (χ4n) is 3.08. The Morgan fingerprint density at radius 2 is 2.05 bits per heavy atom. The lowest BCUT2D eigenvalue weighted by Gasteiger charge is -2.19. The predicted octanol–water partition coefficient (Wildman–Crippen LogP) is 3.08. The Bertz CT molecular complexity index is 782. The van der Waals surface area contributed by atoms with Crippen LogP contribution in [0.25, 0.3) is 11.4 Å². The number of fused-ring (bicyclic) bond motifs is 1. The number of hydrogen-bond acceptors (Lipinski definition) is 4. The second-order valence-electron chi connectivity index (χ2n) is 6.37. The quantitative estimate of drug-likeness (QED) is 0.890. The molecule has 1 heterocycles. The van der Waals surface area contributed by atoms with Crippen molar-refractivity contribution in [2.75, 3.05) is 0 Å². The number of aromatic hydroxyl groups is 1. The summed E-state index contributed by atoms with van der Waals surface area (Å²) in [5.74, 6) is -0.484. The van der Waals surface area contributed by atoms with Gasteiger partial charge in [0.15, 0.2) is 5.82 Å². The molecule has 1 aliphatic carbocycles. The first-order valence-electron chi connectivity index (χ1n) is 7.24. The molecule has 0 amide bonds. The van der Waals surface area contributed by atoms with Gasteiger partial charge in [0.05, 0.1) is 16.8 Å². The molecule has 1 aromatic carbocycles. The van der Waals surface area contributed by atoms with Gasteiger partial charge in [-0.15, -0.1) is 0 Å². The molecular weight excluding hydrogens is 280 g/mol. The Kier molecular flexibility index (Phi) is 3.16. The highest BCUT2D eigenvalue weighted by Gasteiger charge is 2.32. The minimum absolute atomic E-state index is 0.0648. The van der Waals surface area contributed by atoms with Gasteiger partial charge in [-0.1, -0.05) is 19.9 Å². The van der Waals surface area contributed by atoms with Crippen LogP contribution in [0, 0.1) is 6.92 Å². The molecule has 0 spiro atoms. The molecule has 0 saturated heterocycles. The van der Waals surface area contributed by atoms with Crippen molar-refractivity contribution < 1.29 is 15.0 Å². The van der Waals surface area contributed by atoms with E-state index < -0.39 is 5.97 Å². The Hall–Kier alpha value is -2.43. The first-order valence-corrected chi connectivity index (χ1v) is 7.24. The van der Waals surface area contributed by atoms with Crippen LogP contribution in [-0.4, -0.2) is 26.2 Å². The van der Waals surface area contributed by atoms with Crippen LogP contribution in [0.1, 0.15) is 47.4 Å². The predicted molar refractivity (Wildman–Crippen MR) is 82.2 cm³/mol. The molecule has 0 radical (unpaired) electrons. The number of nitrogens with zero attached hydrogens (tertiary/aromatic N) is 2. The number of rotatable bonds is 2. The molecule has 0 unspecified atom stereocenters. The van der Waals surface area contributed by atoms with E-state index >= 15 is 0 Å². The van der Waals surface area contributed by atoms with Gasteiger partial charge in [0.2, 0.25) is 0 Å². The van der Waals surface area contributed by atoms with Gasteiger partial charge in [-0.3, -0.25) is 0 Å². The summed E-state index contributed by atoms with van der Waals surface area (Å²) in [4.78, 5) is 19.4. The van der Waals surface area contributed by atoms with Crippen LogP contribution in [0.4, 0.5) is 0 Å². The van der Waals surface area contributed by atoms with Gasteiger partial charge in [-0.2, -0.15) is 0 Å². The van der Waals surface area contributed by atoms with Crippen LogP contribution in [0.15, 0.2) is 18.3 Å². The molecule has 1 aliphatic rings. The lowest BCUT2D eigenvalue weighted by molar-refractivity contribution is 0.0695. The maximum absolute atomic E-state index is 11.0. The third-order valence-electron chi connectivity index (χ3n) is 4.46. The van der Waals surface area contributed by atoms with E-state index in [0.29, 0.717) is 17.1 Å². The molecule has 22 heavy (non-hydrogen) atoms. The van der Waals surface area contributed by atoms with Gasteiger partial charge in [-0.05, 0) is 42.4 Å². The number of aromatic nitrogens is 2. The number of carboxylic acid groups (broad SMARTS) is 1. The maximum Gasteiger partial charge on any atom is 0.339 e. The van der Waals surface area contributed by atoms with Crippen molar-refractivity contribution in [1.82, 2.24) is 9.97 Å². The number of aromatic carboxylic acids is 1. The summed E-state index contributed by atoms with van der Waals surface area (Å²) in [6, 6.07) is 3.83. The molecule has 114 valence electrons. The number of carbonyl (C=O) groups is 1. The summed E-state index contributed by atoms with van der Waals surface area (Å²) in [5.41, 5.74) is 3.19. The molecule has 0 bridgehead atoms. The van der Waals surface area contributed by atoms with Gasteiger partial charge < -0.3 is 10.2 Å². The average molecular weight is 298 g/mol. The summed E-state index contributed by atoms with van der Waals surface area (Å²) in [6.07, 6.45) is 3.11. The molecule has 0 aliphatic heterocycles. The zero-order valence-corrected chi connectivity index (χ0v) is 12.8. The van der Waals surface area contributed by atoms with Crippen molar-refractivity contribution in [2.24, 2.45) is 0 Å². The molecule has 0 atom stereocenters. The minimum Gasteiger partial charge on any atom is -0.507 e. The van der Waals surface area contributed by atoms with E-state index in [1.54, 1.807) is 6.92 Å². The highest BCUT2D eigenvalue weighted by molar-refractivity contribution is 5.88. The smallest absolute Gasteiger partial charge is 0.339 e. The highest BCUT2D eigenvalue weighted by atomic mass is 16.4. The van der Waals surface area contributed by atoms with E-state index in [1.165, 1.54) is 6.20 Å². The lowest BCUT2D eigenvalue weighted by Crippen LogP contribution is -2.11. The Labute approximate surface area is 128 Å². The molecular formula is C17H18N2O3. The second-order valence-corrected chi connectivity index (χ2v) is 6.37. The molecule has 2 N–H and O–H groups in total. The van der Waals surface area contributed by atoms with Gasteiger partial charge in [0.25, 0.3) is 0 Å². The van der Waals surface area contributed by atoms with Crippen LogP contribution < -0.4 is 0 Å². The van der Waals surface area contributed by atoms with E-state index in [0.717, 1.165) is 24.0 Å². The molecule has 2 aromatic rings. The van der Waals surface area contributed by atoms with E-state index in [1.807, 2.05) is 12.1 Å². The maximum atomic E-state index is 11.0. The number of phenols is 1. The van der Waals surface area contributed by atoms with Gasteiger partial charge in [0, 0.05) is 6.20 Å². The summed E-state index contributed by atoms with van der Waals surface area (Å²) >= 11 is 0. The third kappa shape index (κ3) is 2.13. The molecule has 5 nitrogen and oxygen atoms in total. The summed E-state index contributed by atoms with van der Waals surface area (Å²) in [7, 11) is 0. The van der Waals surface area contributed by atoms with E-state index in [4.69, 9.17) is 5.11 Å². The first kappa shape index (κ1) is 14.5. The number of phenolic OH excluding ortho intramolecular Hbond substituents is 1. The Balaban J connectivity index is 2.11. The molecule has 3 rings (SSSR count). The van der Waals surface area contributed by atoms with Crippen LogP contribution in [-0.2, 0) is 11.8 Å².